The van der Waals surface area contributed by atoms with Crippen molar-refractivity contribution in [1.29, 1.82) is 0 Å². The zero-order chi connectivity index (χ0) is 14.0. The Kier molecular flexibility index (Phi) is 3.46. The molecule has 19 heavy (non-hydrogen) atoms. The second-order valence-corrected chi connectivity index (χ2v) is 4.18. The third-order valence-corrected chi connectivity index (χ3v) is 2.83. The molecule has 7 heteroatoms. The average molecular weight is 264 g/mol. The van der Waals surface area contributed by atoms with Gasteiger partial charge in [0.2, 0.25) is 0 Å². The van der Waals surface area contributed by atoms with Crippen LogP contribution in [0, 0.1) is 22.9 Å². The Morgan fingerprint density at radius 3 is 2.84 bits per heavy atom. The van der Waals surface area contributed by atoms with E-state index >= 15 is 0 Å². The van der Waals surface area contributed by atoms with Crippen LogP contribution in [0.4, 0.5) is 15.8 Å². The number of anilines is 1. The fourth-order valence-electron chi connectivity index (χ4n) is 1.70. The molecule has 0 aliphatic heterocycles. The number of nitrogens with one attached hydrogen (secondary N) is 1. The highest BCUT2D eigenvalue weighted by Crippen LogP contribution is 2.27. The summed E-state index contributed by atoms with van der Waals surface area (Å²) in [6, 6.07) is 2.35. The zero-order valence-corrected chi connectivity index (χ0v) is 10.6. The highest BCUT2D eigenvalue weighted by molar-refractivity contribution is 5.63. The highest BCUT2D eigenvalue weighted by Gasteiger charge is 2.17. The Morgan fingerprint density at radius 2 is 2.26 bits per heavy atom. The molecule has 0 radical (unpaired) electrons. The summed E-state index contributed by atoms with van der Waals surface area (Å²) in [7, 11) is 1.83. The summed E-state index contributed by atoms with van der Waals surface area (Å²) in [5.41, 5.74) is 0.358. The van der Waals surface area contributed by atoms with Gasteiger partial charge in [-0.1, -0.05) is 0 Å². The van der Waals surface area contributed by atoms with Crippen molar-refractivity contribution in [2.24, 2.45) is 7.05 Å². The molecule has 2 rings (SSSR count). The normalized spacial score (nSPS) is 10.5. The molecule has 0 saturated heterocycles. The van der Waals surface area contributed by atoms with E-state index in [-0.39, 0.29) is 11.4 Å². The van der Waals surface area contributed by atoms with Crippen LogP contribution >= 0.6 is 0 Å². The van der Waals surface area contributed by atoms with E-state index in [2.05, 4.69) is 10.3 Å². The first kappa shape index (κ1) is 13.0. The van der Waals surface area contributed by atoms with Crippen molar-refractivity contribution in [2.45, 2.75) is 13.5 Å². The van der Waals surface area contributed by atoms with Gasteiger partial charge in [0.1, 0.15) is 17.3 Å². The number of nitro benzene ring substituents is 1. The van der Waals surface area contributed by atoms with E-state index in [9.17, 15) is 14.5 Å². The first-order valence-corrected chi connectivity index (χ1v) is 5.63. The van der Waals surface area contributed by atoms with Crippen LogP contribution in [0.15, 0.2) is 24.5 Å². The van der Waals surface area contributed by atoms with Crippen LogP contribution in [-0.2, 0) is 13.6 Å². The topological polar surface area (TPSA) is 73.0 Å². The Labute approximate surface area is 109 Å². The van der Waals surface area contributed by atoms with Crippen LogP contribution in [0.2, 0.25) is 0 Å². The monoisotopic (exact) mass is 264 g/mol. The van der Waals surface area contributed by atoms with E-state index in [0.29, 0.717) is 12.1 Å². The van der Waals surface area contributed by atoms with Crippen molar-refractivity contribution in [2.75, 3.05) is 5.32 Å². The third-order valence-electron chi connectivity index (χ3n) is 2.83. The summed E-state index contributed by atoms with van der Waals surface area (Å²) < 4.78 is 15.1. The molecule has 1 N–H and O–H groups in total. The summed E-state index contributed by atoms with van der Waals surface area (Å²) in [6.45, 7) is 1.89. The molecule has 1 aromatic carbocycles. The van der Waals surface area contributed by atoms with Gasteiger partial charge in [0.05, 0.1) is 17.5 Å². The molecule has 100 valence electrons. The number of halogens is 1. The molecule has 0 fully saturated rings. The van der Waals surface area contributed by atoms with Gasteiger partial charge in [-0.15, -0.1) is 0 Å². The fraction of sp³-hybridized carbons (Fsp3) is 0.250. The molecule has 0 amide bonds. The Morgan fingerprint density at radius 1 is 1.53 bits per heavy atom. The molecular weight excluding hydrogens is 251 g/mol. The van der Waals surface area contributed by atoms with E-state index in [4.69, 9.17) is 0 Å². The van der Waals surface area contributed by atoms with Crippen LogP contribution in [0.5, 0.6) is 0 Å². The molecule has 1 aromatic heterocycles. The molecule has 0 atom stereocenters. The smallest absolute Gasteiger partial charge is 0.295 e. The number of nitro groups is 1. The lowest BCUT2D eigenvalue weighted by Gasteiger charge is -2.08. The number of nitrogens with zero attached hydrogens (tertiary/aromatic N) is 3. The Bertz CT molecular complexity index is 624. The fourth-order valence-corrected chi connectivity index (χ4v) is 1.70. The van der Waals surface area contributed by atoms with Gasteiger partial charge in [0.25, 0.3) is 5.69 Å². The zero-order valence-electron chi connectivity index (χ0n) is 10.6. The molecular formula is C12H13FN4O2. The first-order valence-electron chi connectivity index (χ1n) is 5.63. The van der Waals surface area contributed by atoms with Gasteiger partial charge in [-0.25, -0.2) is 9.37 Å². The molecule has 0 saturated carbocycles. The summed E-state index contributed by atoms with van der Waals surface area (Å²) in [4.78, 5) is 14.4. The van der Waals surface area contributed by atoms with E-state index < -0.39 is 10.7 Å². The molecule has 1 heterocycles. The minimum Gasteiger partial charge on any atom is -0.372 e. The minimum atomic E-state index is -0.608. The van der Waals surface area contributed by atoms with Crippen molar-refractivity contribution in [1.82, 2.24) is 9.55 Å². The van der Waals surface area contributed by atoms with E-state index in [1.165, 1.54) is 6.07 Å². The van der Waals surface area contributed by atoms with Gasteiger partial charge < -0.3 is 9.88 Å². The standard InChI is InChI=1S/C12H13FN4O2/c1-8-5-10(11(17(18)19)6-9(8)13)15-7-12-14-3-4-16(12)2/h3-6,15H,7H2,1-2H3. The predicted molar refractivity (Wildman–Crippen MR) is 68.3 cm³/mol. The van der Waals surface area contributed by atoms with E-state index in [1.807, 2.05) is 7.05 Å². The average Bonchev–Trinajstić information content (AvgIpc) is 2.75. The third kappa shape index (κ3) is 2.70. The SMILES string of the molecule is Cc1cc(NCc2nccn2C)c([N+](=O)[O-])cc1F. The number of aryl methyl sites for hydroxylation is 2. The largest absolute Gasteiger partial charge is 0.372 e. The maximum Gasteiger partial charge on any atom is 0.295 e. The summed E-state index contributed by atoms with van der Waals surface area (Å²) in [6.07, 6.45) is 3.42. The molecule has 0 aliphatic carbocycles. The lowest BCUT2D eigenvalue weighted by molar-refractivity contribution is -0.384. The maximum absolute atomic E-state index is 13.3. The van der Waals surface area contributed by atoms with Crippen molar-refractivity contribution < 1.29 is 9.31 Å². The summed E-state index contributed by atoms with van der Waals surface area (Å²) in [5, 5.41) is 13.8. The molecule has 0 aliphatic rings. The lowest BCUT2D eigenvalue weighted by atomic mass is 10.2. The van der Waals surface area contributed by atoms with E-state index in [1.54, 1.807) is 23.9 Å². The van der Waals surface area contributed by atoms with Crippen molar-refractivity contribution in [3.8, 4) is 0 Å². The number of hydrogen-bond acceptors (Lipinski definition) is 4. The quantitative estimate of drug-likeness (QED) is 0.679. The summed E-state index contributed by atoms with van der Waals surface area (Å²) in [5.74, 6) is 0.144. The molecule has 6 nitrogen and oxygen atoms in total. The summed E-state index contributed by atoms with van der Waals surface area (Å²) >= 11 is 0. The van der Waals surface area contributed by atoms with Crippen molar-refractivity contribution >= 4 is 11.4 Å². The van der Waals surface area contributed by atoms with Gasteiger partial charge in [0, 0.05) is 19.4 Å². The van der Waals surface area contributed by atoms with Gasteiger partial charge in [-0.2, -0.15) is 0 Å². The van der Waals surface area contributed by atoms with Gasteiger partial charge in [0.15, 0.2) is 0 Å². The molecule has 2 aromatic rings. The molecule has 0 bridgehead atoms. The Balaban J connectivity index is 2.26. The van der Waals surface area contributed by atoms with Crippen LogP contribution < -0.4 is 5.32 Å². The van der Waals surface area contributed by atoms with Crippen LogP contribution in [0.1, 0.15) is 11.4 Å². The van der Waals surface area contributed by atoms with Crippen LogP contribution in [-0.4, -0.2) is 14.5 Å². The van der Waals surface area contributed by atoms with Crippen molar-refractivity contribution in [3.63, 3.8) is 0 Å². The number of aromatic nitrogens is 2. The first-order chi connectivity index (χ1) is 8.99. The maximum atomic E-state index is 13.3. The lowest BCUT2D eigenvalue weighted by Crippen LogP contribution is -2.08. The van der Waals surface area contributed by atoms with Gasteiger partial charge >= 0.3 is 0 Å². The predicted octanol–water partition coefficient (Wildman–Crippen LogP) is 2.39. The molecule has 0 unspecified atom stereocenters. The van der Waals surface area contributed by atoms with Gasteiger partial charge in [-0.3, -0.25) is 10.1 Å². The van der Waals surface area contributed by atoms with Crippen LogP contribution in [0.25, 0.3) is 0 Å². The van der Waals surface area contributed by atoms with Crippen molar-refractivity contribution in [3.05, 3.63) is 51.8 Å². The highest BCUT2D eigenvalue weighted by atomic mass is 19.1. The molecule has 0 spiro atoms. The van der Waals surface area contributed by atoms with Gasteiger partial charge in [-0.05, 0) is 18.6 Å². The van der Waals surface area contributed by atoms with E-state index in [0.717, 1.165) is 11.9 Å². The number of rotatable bonds is 4. The second kappa shape index (κ2) is 5.05. The second-order valence-electron chi connectivity index (χ2n) is 4.18. The Hall–Kier alpha value is -2.44. The number of imidazole rings is 1. The van der Waals surface area contributed by atoms with Crippen LogP contribution in [0.3, 0.4) is 0 Å². The number of benzene rings is 1. The number of hydrogen-bond donors (Lipinski definition) is 1. The minimum absolute atomic E-state index is 0.280.